The molecule has 8 nitrogen and oxygen atoms in total. The highest BCUT2D eigenvalue weighted by Gasteiger charge is 2.22. The number of aliphatic hydroxyl groups excluding tert-OH is 1. The number of nitroso groups, excluding NO2 is 1. The van der Waals surface area contributed by atoms with E-state index in [2.05, 4.69) is 15.3 Å². The van der Waals surface area contributed by atoms with Crippen molar-refractivity contribution >= 4 is 39.1 Å². The number of aromatic nitrogens is 1. The molecule has 0 saturated carbocycles. The van der Waals surface area contributed by atoms with Gasteiger partial charge < -0.3 is 14.6 Å². The van der Waals surface area contributed by atoms with Crippen LogP contribution >= 0.6 is 22.9 Å². The summed E-state index contributed by atoms with van der Waals surface area (Å²) in [5, 5.41) is 15.8. The third-order valence-electron chi connectivity index (χ3n) is 4.20. The molecule has 1 aromatic heterocycles. The molecule has 2 aromatic rings. The van der Waals surface area contributed by atoms with Crippen LogP contribution in [0.4, 0.5) is 0 Å². The van der Waals surface area contributed by atoms with E-state index in [0.29, 0.717) is 29.5 Å². The van der Waals surface area contributed by atoms with Crippen LogP contribution in [0.3, 0.4) is 0 Å². The van der Waals surface area contributed by atoms with Crippen molar-refractivity contribution in [2.75, 3.05) is 39.3 Å². The van der Waals surface area contributed by atoms with E-state index in [4.69, 9.17) is 16.7 Å². The Bertz CT molecular complexity index is 841. The third kappa shape index (κ3) is 4.06. The van der Waals surface area contributed by atoms with E-state index in [-0.39, 0.29) is 19.1 Å². The number of aliphatic hydroxyl groups is 1. The monoisotopic (exact) mass is 383 g/mol. The number of nitrogens with zero attached hydrogens (tertiary/aromatic N) is 5. The van der Waals surface area contributed by atoms with Crippen molar-refractivity contribution in [2.24, 2.45) is 10.4 Å². The number of β-amino-alcohol motifs (C(OH)–C–C–N with tert-alkyl or cyclic N) is 1. The zero-order valence-corrected chi connectivity index (χ0v) is 15.0. The Morgan fingerprint density at radius 1 is 1.28 bits per heavy atom. The number of hydrogen-bond donors (Lipinski definition) is 1. The quantitative estimate of drug-likeness (QED) is 0.617. The number of piperazine rings is 1. The van der Waals surface area contributed by atoms with E-state index in [1.165, 1.54) is 11.3 Å². The highest BCUT2D eigenvalue weighted by molar-refractivity contribution is 7.16. The second kappa shape index (κ2) is 8.05. The van der Waals surface area contributed by atoms with Gasteiger partial charge in [0.1, 0.15) is 6.54 Å². The molecular formula is C15H18ClN5O3S. The zero-order valence-electron chi connectivity index (χ0n) is 13.5. The average molecular weight is 384 g/mol. The minimum atomic E-state index is -0.0457. The highest BCUT2D eigenvalue weighted by atomic mass is 35.5. The van der Waals surface area contributed by atoms with Gasteiger partial charge in [-0.15, -0.1) is 4.91 Å². The van der Waals surface area contributed by atoms with Gasteiger partial charge in [0.2, 0.25) is 10.7 Å². The number of halogens is 1. The van der Waals surface area contributed by atoms with Gasteiger partial charge in [-0.05, 0) is 18.2 Å². The molecule has 1 aromatic carbocycles. The first kappa shape index (κ1) is 18.0. The summed E-state index contributed by atoms with van der Waals surface area (Å²) in [4.78, 5) is 27.5. The van der Waals surface area contributed by atoms with Crippen molar-refractivity contribution in [3.8, 4) is 0 Å². The topological polar surface area (TPSA) is 90.5 Å². The summed E-state index contributed by atoms with van der Waals surface area (Å²) in [7, 11) is 0. The molecule has 0 bridgehead atoms. The summed E-state index contributed by atoms with van der Waals surface area (Å²) in [6.45, 7) is 3.52. The maximum Gasteiger partial charge on any atom is 0.242 e. The molecular weight excluding hydrogens is 366 g/mol. The van der Waals surface area contributed by atoms with Gasteiger partial charge in [0.15, 0.2) is 0 Å². The fourth-order valence-electron chi connectivity index (χ4n) is 2.90. The largest absolute Gasteiger partial charge is 0.395 e. The molecule has 1 amide bonds. The molecule has 2 heterocycles. The number of thiazole rings is 1. The van der Waals surface area contributed by atoms with E-state index in [9.17, 15) is 9.70 Å². The molecule has 25 heavy (non-hydrogen) atoms. The Morgan fingerprint density at radius 3 is 2.72 bits per heavy atom. The molecule has 10 heteroatoms. The molecule has 3 rings (SSSR count). The summed E-state index contributed by atoms with van der Waals surface area (Å²) in [6, 6.07) is 5.34. The van der Waals surface area contributed by atoms with Crippen molar-refractivity contribution in [2.45, 2.75) is 6.54 Å². The van der Waals surface area contributed by atoms with Crippen LogP contribution in [0.25, 0.3) is 10.2 Å². The van der Waals surface area contributed by atoms with Crippen molar-refractivity contribution < 1.29 is 9.90 Å². The van der Waals surface area contributed by atoms with Crippen molar-refractivity contribution in [3.05, 3.63) is 32.9 Å². The van der Waals surface area contributed by atoms with Gasteiger partial charge in [0.25, 0.3) is 0 Å². The predicted octanol–water partition coefficient (Wildman–Crippen LogP) is 1.07. The number of rotatable bonds is 5. The minimum absolute atomic E-state index is 0.0457. The van der Waals surface area contributed by atoms with Gasteiger partial charge in [0.05, 0.1) is 22.1 Å². The van der Waals surface area contributed by atoms with Crippen molar-refractivity contribution in [1.29, 1.82) is 0 Å². The minimum Gasteiger partial charge on any atom is -0.395 e. The van der Waals surface area contributed by atoms with E-state index < -0.39 is 0 Å². The Balaban J connectivity index is 1.81. The van der Waals surface area contributed by atoms with Crippen molar-refractivity contribution in [3.63, 3.8) is 0 Å². The lowest BCUT2D eigenvalue weighted by molar-refractivity contribution is -0.133. The summed E-state index contributed by atoms with van der Waals surface area (Å²) < 4.78 is 2.56. The van der Waals surface area contributed by atoms with Crippen LogP contribution in [0.2, 0.25) is 5.02 Å². The summed E-state index contributed by atoms with van der Waals surface area (Å²) in [5.41, 5.74) is 0.757. The fourth-order valence-corrected chi connectivity index (χ4v) is 4.02. The Hall–Kier alpha value is -1.81. The van der Waals surface area contributed by atoms with E-state index in [0.717, 1.165) is 23.3 Å². The number of benzene rings is 1. The first-order valence-corrected chi connectivity index (χ1v) is 9.08. The van der Waals surface area contributed by atoms with E-state index in [1.807, 2.05) is 6.07 Å². The number of carbonyl (C=O) groups excluding carboxylic acids is 1. The second-order valence-corrected chi connectivity index (χ2v) is 7.16. The van der Waals surface area contributed by atoms with Crippen LogP contribution < -0.4 is 4.80 Å². The van der Waals surface area contributed by atoms with Crippen molar-refractivity contribution in [1.82, 2.24) is 14.4 Å². The second-order valence-electron chi connectivity index (χ2n) is 5.71. The normalized spacial score (nSPS) is 16.6. The molecule has 134 valence electrons. The van der Waals surface area contributed by atoms with Crippen LogP contribution in [0.15, 0.2) is 28.6 Å². The maximum atomic E-state index is 12.7. The molecule has 1 saturated heterocycles. The van der Waals surface area contributed by atoms with E-state index >= 15 is 0 Å². The Labute approximate surface area is 152 Å². The first-order chi connectivity index (χ1) is 12.1. The zero-order chi connectivity index (χ0) is 17.8. The average Bonchev–Trinajstić information content (AvgIpc) is 2.93. The van der Waals surface area contributed by atoms with Gasteiger partial charge >= 0.3 is 0 Å². The van der Waals surface area contributed by atoms with Gasteiger partial charge in [0, 0.05) is 37.7 Å². The molecule has 0 unspecified atom stereocenters. The third-order valence-corrected chi connectivity index (χ3v) is 5.49. The fraction of sp³-hybridized carbons (Fsp3) is 0.467. The van der Waals surface area contributed by atoms with E-state index in [1.54, 1.807) is 21.6 Å². The van der Waals surface area contributed by atoms with Gasteiger partial charge in [-0.1, -0.05) is 28.0 Å². The SMILES string of the molecule is O=N/N=c1/sc2ccc(Cl)cc2n1CC(=O)N1CCN(CCO)CC1. The summed E-state index contributed by atoms with van der Waals surface area (Å²) in [6.07, 6.45) is 0. The number of fused-ring (bicyclic) bond motifs is 1. The summed E-state index contributed by atoms with van der Waals surface area (Å²) >= 11 is 7.35. The van der Waals surface area contributed by atoms with Crippen LogP contribution in [0, 0.1) is 4.91 Å². The molecule has 1 N–H and O–H groups in total. The lowest BCUT2D eigenvalue weighted by atomic mass is 10.3. The first-order valence-electron chi connectivity index (χ1n) is 7.88. The van der Waals surface area contributed by atoms with Gasteiger partial charge in [-0.2, -0.15) is 0 Å². The maximum absolute atomic E-state index is 12.7. The lowest BCUT2D eigenvalue weighted by Gasteiger charge is -2.34. The summed E-state index contributed by atoms with van der Waals surface area (Å²) in [5.74, 6) is -0.0457. The van der Waals surface area contributed by atoms with Gasteiger partial charge in [-0.25, -0.2) is 0 Å². The van der Waals surface area contributed by atoms with Gasteiger partial charge in [-0.3, -0.25) is 9.69 Å². The number of hydrogen-bond acceptors (Lipinski definition) is 6. The standard InChI is InChI=1S/C15H18ClN5O3S/c16-11-1-2-13-12(9-11)21(15(25-13)17-18-24)10-14(23)20-5-3-19(4-6-20)7-8-22/h1-2,9,22H,3-8,10H2/b17-15+. The van der Waals surface area contributed by atoms with Crippen LogP contribution in [0.5, 0.6) is 0 Å². The number of amides is 1. The molecule has 0 atom stereocenters. The lowest BCUT2D eigenvalue weighted by Crippen LogP contribution is -2.50. The van der Waals surface area contributed by atoms with Crippen LogP contribution in [-0.2, 0) is 11.3 Å². The molecule has 0 spiro atoms. The Morgan fingerprint density at radius 2 is 2.04 bits per heavy atom. The van der Waals surface area contributed by atoms with Crippen LogP contribution in [-0.4, -0.2) is 64.7 Å². The molecule has 0 radical (unpaired) electrons. The Kier molecular flexibility index (Phi) is 5.79. The highest BCUT2D eigenvalue weighted by Crippen LogP contribution is 2.22. The smallest absolute Gasteiger partial charge is 0.242 e. The molecule has 1 aliphatic rings. The number of carbonyl (C=O) groups is 1. The van der Waals surface area contributed by atoms with Crippen LogP contribution in [0.1, 0.15) is 0 Å². The predicted molar refractivity (Wildman–Crippen MR) is 96.3 cm³/mol. The molecule has 0 aliphatic carbocycles. The molecule has 1 fully saturated rings. The molecule has 1 aliphatic heterocycles.